The fourth-order valence-electron chi connectivity index (χ4n) is 3.47. The zero-order valence-corrected chi connectivity index (χ0v) is 21.2. The minimum atomic E-state index is 0.316. The van der Waals surface area contributed by atoms with Crippen LogP contribution in [0.4, 0.5) is 0 Å². The summed E-state index contributed by atoms with van der Waals surface area (Å²) in [6.07, 6.45) is 16.2. The molecule has 3 nitrogen and oxygen atoms in total. The number of aliphatic hydroxyl groups is 1. The molecule has 0 saturated heterocycles. The van der Waals surface area contributed by atoms with Crippen LogP contribution in [0.2, 0.25) is 0 Å². The summed E-state index contributed by atoms with van der Waals surface area (Å²) in [4.78, 5) is 2.15. The van der Waals surface area contributed by atoms with Gasteiger partial charge in [0.1, 0.15) is 11.5 Å². The quantitative estimate of drug-likeness (QED) is 0.247. The number of aromatic hydroxyl groups is 2. The summed E-state index contributed by atoms with van der Waals surface area (Å²) in [6, 6.07) is 11.1. The van der Waals surface area contributed by atoms with Crippen LogP contribution < -0.4 is 0 Å². The number of phenols is 2. The van der Waals surface area contributed by atoms with Gasteiger partial charge in [0.05, 0.1) is 0 Å². The number of benzene rings is 2. The molecule has 0 saturated carbocycles. The summed E-state index contributed by atoms with van der Waals surface area (Å²) in [6.45, 7) is 6.40. The fourth-order valence-corrected chi connectivity index (χ4v) is 4.49. The number of hydrogen-bond acceptors (Lipinski definition) is 4. The van der Waals surface area contributed by atoms with E-state index in [0.717, 1.165) is 27.3 Å². The molecule has 0 spiro atoms. The molecule has 0 bridgehead atoms. The van der Waals surface area contributed by atoms with E-state index in [1.165, 1.54) is 70.6 Å². The van der Waals surface area contributed by atoms with Gasteiger partial charge in [0.15, 0.2) is 0 Å². The topological polar surface area (TPSA) is 60.7 Å². The van der Waals surface area contributed by atoms with Gasteiger partial charge in [-0.2, -0.15) is 0 Å². The zero-order chi connectivity index (χ0) is 23.6. The average molecular weight is 461 g/mol. The summed E-state index contributed by atoms with van der Waals surface area (Å²) in [5.41, 5.74) is 1.73. The summed E-state index contributed by atoms with van der Waals surface area (Å²) in [7, 11) is 0. The molecule has 2 rings (SSSR count). The van der Waals surface area contributed by atoms with E-state index in [1.807, 2.05) is 38.1 Å². The van der Waals surface area contributed by atoms with Crippen molar-refractivity contribution in [2.24, 2.45) is 0 Å². The molecule has 0 aliphatic carbocycles. The van der Waals surface area contributed by atoms with Crippen LogP contribution >= 0.6 is 11.8 Å². The molecule has 0 aliphatic heterocycles. The van der Waals surface area contributed by atoms with Crippen molar-refractivity contribution in [1.29, 1.82) is 0 Å². The van der Waals surface area contributed by atoms with Gasteiger partial charge in [-0.1, -0.05) is 89.3 Å². The summed E-state index contributed by atoms with van der Waals surface area (Å²) < 4.78 is 0. The van der Waals surface area contributed by atoms with Crippen molar-refractivity contribution in [3.05, 3.63) is 47.5 Å². The number of phenolic OH excluding ortho intramolecular Hbond substituents is 2. The van der Waals surface area contributed by atoms with Crippen molar-refractivity contribution >= 4 is 11.8 Å². The Kier molecular flexibility index (Phi) is 15.8. The molecule has 32 heavy (non-hydrogen) atoms. The average Bonchev–Trinajstić information content (AvgIpc) is 2.78. The number of unbranched alkanes of at least 4 members (excludes halogenated alkanes) is 11. The van der Waals surface area contributed by atoms with Gasteiger partial charge in [-0.05, 0) is 67.8 Å². The zero-order valence-electron chi connectivity index (χ0n) is 20.4. The predicted molar refractivity (Wildman–Crippen MR) is 138 cm³/mol. The largest absolute Gasteiger partial charge is 0.508 e. The van der Waals surface area contributed by atoms with E-state index in [-0.39, 0.29) is 0 Å². The first-order chi connectivity index (χ1) is 15.5. The third kappa shape index (κ3) is 13.0. The van der Waals surface area contributed by atoms with E-state index in [2.05, 4.69) is 6.92 Å². The Hall–Kier alpha value is -1.65. The normalized spacial score (nSPS) is 10.6. The predicted octanol–water partition coefficient (Wildman–Crippen LogP) is 8.55. The van der Waals surface area contributed by atoms with Crippen LogP contribution in [0.5, 0.6) is 11.5 Å². The Bertz CT molecular complexity index is 684. The number of aryl methyl sites for hydroxylation is 2. The molecule has 4 heteroatoms. The molecule has 0 heterocycles. The lowest BCUT2D eigenvalue weighted by atomic mass is 10.1. The van der Waals surface area contributed by atoms with Gasteiger partial charge in [-0.15, -0.1) is 0 Å². The molecular weight excluding hydrogens is 416 g/mol. The van der Waals surface area contributed by atoms with E-state index in [9.17, 15) is 10.2 Å². The molecule has 0 aliphatic rings. The summed E-state index contributed by atoms with van der Waals surface area (Å²) >= 11 is 1.61. The van der Waals surface area contributed by atoms with Crippen molar-refractivity contribution in [2.75, 3.05) is 6.61 Å². The van der Waals surface area contributed by atoms with Crippen molar-refractivity contribution in [3.63, 3.8) is 0 Å². The molecule has 2 aromatic carbocycles. The third-order valence-electron chi connectivity index (χ3n) is 5.58. The highest BCUT2D eigenvalue weighted by Crippen LogP contribution is 2.32. The lowest BCUT2D eigenvalue weighted by Crippen LogP contribution is -1.84. The van der Waals surface area contributed by atoms with Crippen LogP contribution in [0.15, 0.2) is 46.2 Å². The van der Waals surface area contributed by atoms with Gasteiger partial charge in [0, 0.05) is 16.4 Å². The van der Waals surface area contributed by atoms with Gasteiger partial charge in [-0.25, -0.2) is 0 Å². The summed E-state index contributed by atoms with van der Waals surface area (Å²) in [5.74, 6) is 0.632. The van der Waals surface area contributed by atoms with Gasteiger partial charge >= 0.3 is 0 Å². The molecule has 0 fully saturated rings. The van der Waals surface area contributed by atoms with E-state index in [1.54, 1.807) is 23.9 Å². The minimum absolute atomic E-state index is 0.316. The number of rotatable bonds is 14. The molecule has 0 unspecified atom stereocenters. The van der Waals surface area contributed by atoms with E-state index in [0.29, 0.717) is 18.1 Å². The highest BCUT2D eigenvalue weighted by Gasteiger charge is 2.03. The van der Waals surface area contributed by atoms with E-state index < -0.39 is 0 Å². The van der Waals surface area contributed by atoms with Crippen molar-refractivity contribution in [3.8, 4) is 11.5 Å². The Morgan fingerprint density at radius 1 is 0.594 bits per heavy atom. The standard InChI is InChI=1S/C14H14O2S.C14H30O/c1-9-7-11(3-5-13(9)15)17-12-4-6-14(16)10(2)8-12;1-2-3-4-5-6-7-8-9-10-11-12-13-14-15/h3-8,15-16H,1-2H3;15H,2-14H2,1H3. The molecule has 180 valence electrons. The molecule has 2 aromatic rings. The first-order valence-corrected chi connectivity index (χ1v) is 13.2. The fraction of sp³-hybridized carbons (Fsp3) is 0.571. The second-order valence-corrected chi connectivity index (χ2v) is 9.76. The first-order valence-electron chi connectivity index (χ1n) is 12.4. The Labute approximate surface area is 200 Å². The Morgan fingerprint density at radius 3 is 1.31 bits per heavy atom. The molecule has 0 atom stereocenters. The van der Waals surface area contributed by atoms with Gasteiger partial charge < -0.3 is 15.3 Å². The van der Waals surface area contributed by atoms with Crippen molar-refractivity contribution < 1.29 is 15.3 Å². The monoisotopic (exact) mass is 460 g/mol. The molecule has 0 aromatic heterocycles. The maximum atomic E-state index is 9.45. The lowest BCUT2D eigenvalue weighted by Gasteiger charge is -2.06. The van der Waals surface area contributed by atoms with E-state index >= 15 is 0 Å². The second-order valence-electron chi connectivity index (χ2n) is 8.61. The van der Waals surface area contributed by atoms with Crippen LogP contribution in [0, 0.1) is 13.8 Å². The molecule has 3 N–H and O–H groups in total. The van der Waals surface area contributed by atoms with Gasteiger partial charge in [0.2, 0.25) is 0 Å². The van der Waals surface area contributed by atoms with Crippen molar-refractivity contribution in [1.82, 2.24) is 0 Å². The smallest absolute Gasteiger partial charge is 0.118 e. The van der Waals surface area contributed by atoms with Crippen LogP contribution in [-0.4, -0.2) is 21.9 Å². The molecule has 0 radical (unpaired) electrons. The Morgan fingerprint density at radius 2 is 0.969 bits per heavy atom. The maximum absolute atomic E-state index is 9.45. The first kappa shape index (κ1) is 28.4. The van der Waals surface area contributed by atoms with Crippen molar-refractivity contribution in [2.45, 2.75) is 108 Å². The third-order valence-corrected chi connectivity index (χ3v) is 6.56. The number of hydrogen-bond donors (Lipinski definition) is 3. The highest BCUT2D eigenvalue weighted by atomic mass is 32.2. The van der Waals surface area contributed by atoms with Crippen LogP contribution in [0.1, 0.15) is 95.1 Å². The second kappa shape index (κ2) is 17.9. The van der Waals surface area contributed by atoms with Crippen LogP contribution in [0.3, 0.4) is 0 Å². The molecular formula is C28H44O3S. The van der Waals surface area contributed by atoms with Gasteiger partial charge in [-0.3, -0.25) is 0 Å². The minimum Gasteiger partial charge on any atom is -0.508 e. The maximum Gasteiger partial charge on any atom is 0.118 e. The lowest BCUT2D eigenvalue weighted by molar-refractivity contribution is 0.282. The Balaban J connectivity index is 0.000000324. The SMILES string of the molecule is CCCCCCCCCCCCCCO.Cc1cc(Sc2ccc(O)c(C)c2)ccc1O. The molecule has 0 amide bonds. The summed E-state index contributed by atoms with van der Waals surface area (Å²) in [5, 5.41) is 27.5. The van der Waals surface area contributed by atoms with Crippen LogP contribution in [0.25, 0.3) is 0 Å². The van der Waals surface area contributed by atoms with Crippen LogP contribution in [-0.2, 0) is 0 Å². The number of aliphatic hydroxyl groups excluding tert-OH is 1. The van der Waals surface area contributed by atoms with Gasteiger partial charge in [0.25, 0.3) is 0 Å². The van der Waals surface area contributed by atoms with E-state index in [4.69, 9.17) is 5.11 Å². The highest BCUT2D eigenvalue weighted by molar-refractivity contribution is 7.99.